The van der Waals surface area contributed by atoms with Gasteiger partial charge < -0.3 is 59.7 Å². The van der Waals surface area contributed by atoms with Crippen LogP contribution in [0.2, 0.25) is 0 Å². The van der Waals surface area contributed by atoms with Crippen molar-refractivity contribution >= 4 is 26.8 Å². The number of aliphatic hydroxyl groups is 7. The Bertz CT molecular complexity index is 940. The summed E-state index contributed by atoms with van der Waals surface area (Å²) in [6.07, 6.45) is -13.5. The van der Waals surface area contributed by atoms with Crippen LogP contribution in [0.1, 0.15) is 0 Å². The topological polar surface area (TPSA) is 194 Å². The first-order valence-electron chi connectivity index (χ1n) is 10.3. The molecule has 2 saturated heterocycles. The highest BCUT2D eigenvalue weighted by Crippen LogP contribution is 2.33. The van der Waals surface area contributed by atoms with E-state index in [4.69, 9.17) is 18.9 Å². The normalized spacial score (nSPS) is 39.6. The Balaban J connectivity index is 1.49. The lowest BCUT2D eigenvalue weighted by atomic mass is 9.97. The predicted octanol–water partition coefficient (Wildman–Crippen LogP) is -2.07. The minimum atomic E-state index is -1.73. The zero-order valence-electron chi connectivity index (χ0n) is 17.1. The predicted molar refractivity (Wildman–Crippen MR) is 113 cm³/mol. The number of ether oxygens (including phenoxy) is 4. The number of aromatic nitrogens is 1. The molecule has 0 aliphatic carbocycles. The van der Waals surface area contributed by atoms with E-state index in [1.54, 1.807) is 12.3 Å². The number of aromatic amines is 1. The monoisotopic (exact) mass is 535 g/mol. The smallest absolute Gasteiger partial charge is 0.229 e. The summed E-state index contributed by atoms with van der Waals surface area (Å²) in [5.41, 5.74) is 0.765. The summed E-state index contributed by atoms with van der Waals surface area (Å²) in [4.78, 5) is 3.01. The zero-order chi connectivity index (χ0) is 23.9. The first kappa shape index (κ1) is 24.8. The Morgan fingerprint density at radius 1 is 0.848 bits per heavy atom. The van der Waals surface area contributed by atoms with E-state index in [9.17, 15) is 35.7 Å². The number of hydrogen-bond acceptors (Lipinski definition) is 11. The molecule has 4 rings (SSSR count). The maximum Gasteiger partial charge on any atom is 0.229 e. The molecule has 0 spiro atoms. The molecular formula is C20H26BrNO11. The average molecular weight is 536 g/mol. The lowest BCUT2D eigenvalue weighted by molar-refractivity contribution is -0.352. The van der Waals surface area contributed by atoms with E-state index in [2.05, 4.69) is 20.9 Å². The number of nitrogens with one attached hydrogen (secondary N) is 1. The molecule has 1 aromatic carbocycles. The van der Waals surface area contributed by atoms with Crippen LogP contribution in [0.15, 0.2) is 28.9 Å². The second-order valence-electron chi connectivity index (χ2n) is 7.97. The summed E-state index contributed by atoms with van der Waals surface area (Å²) in [6, 6.07) is 5.45. The summed E-state index contributed by atoms with van der Waals surface area (Å²) in [6.45, 7) is -1.32. The number of halogens is 1. The van der Waals surface area contributed by atoms with Crippen molar-refractivity contribution in [1.82, 2.24) is 4.98 Å². The molecule has 3 heterocycles. The molecule has 13 heteroatoms. The van der Waals surface area contributed by atoms with Crippen LogP contribution in [0.3, 0.4) is 0 Å². The quantitative estimate of drug-likeness (QED) is 0.202. The van der Waals surface area contributed by atoms with Crippen molar-refractivity contribution in [3.63, 3.8) is 0 Å². The van der Waals surface area contributed by atoms with Crippen molar-refractivity contribution in [2.75, 3.05) is 13.2 Å². The van der Waals surface area contributed by atoms with Gasteiger partial charge in [-0.25, -0.2) is 0 Å². The molecule has 1 aromatic heterocycles. The summed E-state index contributed by atoms with van der Waals surface area (Å²) in [5.74, 6) is 0.340. The van der Waals surface area contributed by atoms with Gasteiger partial charge in [0.05, 0.1) is 13.2 Å². The maximum atomic E-state index is 10.7. The van der Waals surface area contributed by atoms with E-state index in [0.717, 1.165) is 9.99 Å². The molecule has 0 bridgehead atoms. The Morgan fingerprint density at radius 2 is 1.52 bits per heavy atom. The number of aliphatic hydroxyl groups excluding tert-OH is 7. The molecule has 2 aliphatic heterocycles. The van der Waals surface area contributed by atoms with Gasteiger partial charge in [-0.15, -0.1) is 0 Å². The highest BCUT2D eigenvalue weighted by atomic mass is 79.9. The maximum absolute atomic E-state index is 10.7. The van der Waals surface area contributed by atoms with Gasteiger partial charge in [0.25, 0.3) is 0 Å². The van der Waals surface area contributed by atoms with Crippen LogP contribution >= 0.6 is 15.9 Å². The lowest BCUT2D eigenvalue weighted by Gasteiger charge is -2.45. The molecule has 8 N–H and O–H groups in total. The van der Waals surface area contributed by atoms with Crippen molar-refractivity contribution in [1.29, 1.82) is 0 Å². The molecule has 2 aliphatic rings. The first-order valence-corrected chi connectivity index (χ1v) is 11.1. The van der Waals surface area contributed by atoms with Crippen LogP contribution in [-0.2, 0) is 14.2 Å². The minimum Gasteiger partial charge on any atom is -0.460 e. The van der Waals surface area contributed by atoms with Crippen LogP contribution in [0.5, 0.6) is 5.75 Å². The summed E-state index contributed by atoms with van der Waals surface area (Å²) < 4.78 is 23.0. The van der Waals surface area contributed by atoms with Crippen molar-refractivity contribution in [3.8, 4) is 5.75 Å². The van der Waals surface area contributed by atoms with Gasteiger partial charge in [-0.2, -0.15) is 0 Å². The lowest BCUT2D eigenvalue weighted by Crippen LogP contribution is -2.65. The van der Waals surface area contributed by atoms with Crippen molar-refractivity contribution in [2.24, 2.45) is 0 Å². The standard InChI is InChI=1S/C20H26BrNO11/c21-7-1-2-9-8(3-7)10(4-22-9)30-19-17(29)15(27)18(12(6-24)32-19)33-20-16(28)14(26)13(25)11(5-23)31-20/h1-4,11-20,22-29H,5-6H2. The van der Waals surface area contributed by atoms with Gasteiger partial charge in [0.1, 0.15) is 54.6 Å². The number of fused-ring (bicyclic) bond motifs is 1. The molecule has 10 atom stereocenters. The number of benzene rings is 1. The molecule has 12 nitrogen and oxygen atoms in total. The summed E-state index contributed by atoms with van der Waals surface area (Å²) in [5, 5.41) is 71.2. The Labute approximate surface area is 196 Å². The zero-order valence-corrected chi connectivity index (χ0v) is 18.7. The van der Waals surface area contributed by atoms with Gasteiger partial charge in [0, 0.05) is 21.6 Å². The van der Waals surface area contributed by atoms with Crippen LogP contribution < -0.4 is 4.74 Å². The Hall–Kier alpha value is -1.36. The fourth-order valence-corrected chi connectivity index (χ4v) is 4.30. The highest BCUT2D eigenvalue weighted by molar-refractivity contribution is 9.10. The van der Waals surface area contributed by atoms with Gasteiger partial charge in [-0.3, -0.25) is 0 Å². The van der Waals surface area contributed by atoms with Crippen LogP contribution in [0, 0.1) is 0 Å². The largest absolute Gasteiger partial charge is 0.460 e. The molecular weight excluding hydrogens is 510 g/mol. The third-order valence-corrected chi connectivity index (χ3v) is 6.30. The third kappa shape index (κ3) is 4.76. The second kappa shape index (κ2) is 10.1. The second-order valence-corrected chi connectivity index (χ2v) is 8.88. The summed E-state index contributed by atoms with van der Waals surface area (Å²) >= 11 is 3.37. The van der Waals surface area contributed by atoms with E-state index < -0.39 is 74.6 Å². The molecule has 2 aromatic rings. The molecule has 0 saturated carbocycles. The fraction of sp³-hybridized carbons (Fsp3) is 0.600. The molecule has 10 unspecified atom stereocenters. The SMILES string of the molecule is OCC1OC(OC2C(CO)OC(Oc3c[nH]c4ccc(Br)cc34)C(O)C2O)C(O)C(O)C1O. The fourth-order valence-electron chi connectivity index (χ4n) is 3.94. The van der Waals surface area contributed by atoms with Gasteiger partial charge in [-0.05, 0) is 18.2 Å². The van der Waals surface area contributed by atoms with E-state index in [1.165, 1.54) is 0 Å². The van der Waals surface area contributed by atoms with Gasteiger partial charge in [-0.1, -0.05) is 15.9 Å². The van der Waals surface area contributed by atoms with Crippen molar-refractivity contribution in [3.05, 3.63) is 28.9 Å². The molecule has 0 amide bonds. The molecule has 33 heavy (non-hydrogen) atoms. The van der Waals surface area contributed by atoms with E-state index in [0.29, 0.717) is 11.1 Å². The summed E-state index contributed by atoms with van der Waals surface area (Å²) in [7, 11) is 0. The number of H-pyrrole nitrogens is 1. The van der Waals surface area contributed by atoms with Crippen molar-refractivity contribution < 1.29 is 54.7 Å². The van der Waals surface area contributed by atoms with E-state index in [-0.39, 0.29) is 0 Å². The van der Waals surface area contributed by atoms with Gasteiger partial charge in [0.15, 0.2) is 6.29 Å². The highest BCUT2D eigenvalue weighted by Gasteiger charge is 2.51. The Morgan fingerprint density at radius 3 is 2.21 bits per heavy atom. The van der Waals surface area contributed by atoms with Crippen LogP contribution in [0.25, 0.3) is 10.9 Å². The van der Waals surface area contributed by atoms with Crippen LogP contribution in [-0.4, -0.2) is 115 Å². The van der Waals surface area contributed by atoms with Crippen LogP contribution in [0.4, 0.5) is 0 Å². The third-order valence-electron chi connectivity index (χ3n) is 5.81. The van der Waals surface area contributed by atoms with E-state index in [1.807, 2.05) is 12.1 Å². The van der Waals surface area contributed by atoms with Crippen molar-refractivity contribution in [2.45, 2.75) is 61.4 Å². The first-order chi connectivity index (χ1) is 15.7. The van der Waals surface area contributed by atoms with Gasteiger partial charge in [0.2, 0.25) is 6.29 Å². The van der Waals surface area contributed by atoms with Gasteiger partial charge >= 0.3 is 0 Å². The number of hydrogen-bond donors (Lipinski definition) is 8. The molecule has 2 fully saturated rings. The average Bonchev–Trinajstić information content (AvgIpc) is 3.20. The molecule has 0 radical (unpaired) electrons. The number of rotatable bonds is 6. The minimum absolute atomic E-state index is 0.340. The molecule has 184 valence electrons. The van der Waals surface area contributed by atoms with E-state index >= 15 is 0 Å². The Kier molecular flexibility index (Phi) is 7.57.